The molecule has 4 aromatic rings. The number of hydrogen-bond donors (Lipinski definition) is 6. The number of nitriles is 1. The smallest absolute Gasteiger partial charge is 0.410 e. The Balaban J connectivity index is 0.885. The van der Waals surface area contributed by atoms with Gasteiger partial charge in [0.25, 0.3) is 11.8 Å². The fourth-order valence-corrected chi connectivity index (χ4v) is 9.56. The summed E-state index contributed by atoms with van der Waals surface area (Å²) in [6.07, 6.45) is 7.86. The molecule has 1 spiro atoms. The van der Waals surface area contributed by atoms with Gasteiger partial charge in [-0.3, -0.25) is 33.8 Å². The molecular formula is C55H71N13O10. The van der Waals surface area contributed by atoms with Gasteiger partial charge in [0, 0.05) is 74.6 Å². The van der Waals surface area contributed by atoms with E-state index >= 15 is 0 Å². The van der Waals surface area contributed by atoms with Crippen LogP contribution in [-0.2, 0) is 48.4 Å². The Bertz CT molecular complexity index is 2890. The Labute approximate surface area is 453 Å². The van der Waals surface area contributed by atoms with Crippen molar-refractivity contribution in [1.29, 1.82) is 5.26 Å². The van der Waals surface area contributed by atoms with Gasteiger partial charge in [-0.15, -0.1) is 0 Å². The summed E-state index contributed by atoms with van der Waals surface area (Å²) in [5.74, 6) is -1.57. The van der Waals surface area contributed by atoms with Gasteiger partial charge in [0.05, 0.1) is 25.6 Å². The summed E-state index contributed by atoms with van der Waals surface area (Å²) in [7, 11) is 1.62. The highest BCUT2D eigenvalue weighted by Crippen LogP contribution is 2.45. The molecule has 0 bridgehead atoms. The molecule has 4 heterocycles. The summed E-state index contributed by atoms with van der Waals surface area (Å²) in [6, 6.07) is 14.2. The van der Waals surface area contributed by atoms with Gasteiger partial charge in [-0.05, 0) is 86.3 Å². The minimum absolute atomic E-state index is 0.00150. The SMILES string of the molecule is CCCCOc1nc(N)c2cc(C#N)n(Cc3ccc(CN4CCN(C(=O)OCc5ccc(NC(=O)[C@H](CCCNC(N)=O)NC(=O)[C@@H](NC(=O)CCCCCN6C(=O)C=CC6=O)C(C)C)cc5)CC45CC5)cc3OC)c2n1. The number of primary amides is 1. The highest BCUT2D eigenvalue weighted by Gasteiger charge is 2.52. The van der Waals surface area contributed by atoms with Crippen LogP contribution in [0.15, 0.2) is 60.7 Å². The average Bonchev–Trinajstić information content (AvgIpc) is 4.06. The summed E-state index contributed by atoms with van der Waals surface area (Å²) >= 11 is 0. The predicted octanol–water partition coefficient (Wildman–Crippen LogP) is 4.61. The van der Waals surface area contributed by atoms with Crippen LogP contribution in [0.4, 0.5) is 21.1 Å². The number of piperazine rings is 1. The van der Waals surface area contributed by atoms with Gasteiger partial charge < -0.3 is 56.4 Å². The first-order chi connectivity index (χ1) is 37.5. The number of benzene rings is 2. The van der Waals surface area contributed by atoms with Gasteiger partial charge in [0.1, 0.15) is 42.0 Å². The first-order valence-corrected chi connectivity index (χ1v) is 26.6. The van der Waals surface area contributed by atoms with E-state index in [1.807, 2.05) is 12.1 Å². The van der Waals surface area contributed by atoms with Gasteiger partial charge in [0.15, 0.2) is 5.65 Å². The van der Waals surface area contributed by atoms with Crippen LogP contribution >= 0.6 is 0 Å². The van der Waals surface area contributed by atoms with Crippen LogP contribution in [0.1, 0.15) is 107 Å². The monoisotopic (exact) mass is 1070 g/mol. The number of aromatic nitrogens is 3. The largest absolute Gasteiger partial charge is 0.496 e. The molecule has 2 aromatic carbocycles. The molecule has 78 heavy (non-hydrogen) atoms. The lowest BCUT2D eigenvalue weighted by Crippen LogP contribution is -2.56. The Morgan fingerprint density at radius 3 is 2.31 bits per heavy atom. The first-order valence-electron chi connectivity index (χ1n) is 26.6. The van der Waals surface area contributed by atoms with Crippen LogP contribution in [0.5, 0.6) is 11.8 Å². The second kappa shape index (κ2) is 26.7. The first kappa shape index (κ1) is 57.4. The Hall–Kier alpha value is -8.26. The van der Waals surface area contributed by atoms with Gasteiger partial charge in [0.2, 0.25) is 17.7 Å². The normalized spacial score (nSPS) is 15.5. The van der Waals surface area contributed by atoms with Crippen molar-refractivity contribution in [2.45, 2.75) is 122 Å². The van der Waals surface area contributed by atoms with E-state index in [0.717, 1.165) is 41.7 Å². The number of carbonyl (C=O) groups is 7. The molecule has 23 nitrogen and oxygen atoms in total. The lowest BCUT2D eigenvalue weighted by molar-refractivity contribution is -0.137. The number of amides is 8. The van der Waals surface area contributed by atoms with Crippen molar-refractivity contribution in [2.24, 2.45) is 11.7 Å². The van der Waals surface area contributed by atoms with E-state index in [1.54, 1.807) is 60.8 Å². The maximum absolute atomic E-state index is 13.7. The number of unbranched alkanes of at least 4 members (excludes halogenated alkanes) is 3. The number of fused-ring (bicyclic) bond motifs is 1. The number of rotatable bonds is 27. The lowest BCUT2D eigenvalue weighted by Gasteiger charge is -2.41. The zero-order valence-electron chi connectivity index (χ0n) is 44.8. The Morgan fingerprint density at radius 2 is 1.63 bits per heavy atom. The fraction of sp³-hybridized carbons (Fsp3) is 0.491. The number of urea groups is 1. The summed E-state index contributed by atoms with van der Waals surface area (Å²) in [5, 5.41) is 21.5. The molecule has 1 saturated carbocycles. The third kappa shape index (κ3) is 15.0. The third-order valence-corrected chi connectivity index (χ3v) is 14.2. The third-order valence-electron chi connectivity index (χ3n) is 14.2. The number of nitrogens with one attached hydrogen (secondary N) is 4. The number of anilines is 2. The van der Waals surface area contributed by atoms with Gasteiger partial charge in [-0.1, -0.05) is 57.9 Å². The molecule has 2 aliphatic heterocycles. The standard InChI is InChI=1S/C55H71N13O10/c1-5-6-27-77-53-63-48(57)41-29-40(30-56)68(49(41)64-53)32-38-16-13-37(28-43(38)76-4)31-66-26-25-65(34-55(66)21-22-55)54(75)78-33-36-14-17-39(18-15-36)60-50(72)42(11-10-23-59-52(58)74)61-51(73)47(35(2)3)62-44(69)12-8-7-9-24-67-45(70)19-20-46(67)71/h13-20,28-29,35,42,47H,5-12,21-27,31-34H2,1-4H3,(H,60,72)(H,61,73)(H,62,69)(H2,57,63,64)(H3,58,59,74)/t42-,47-/m0/s1. The molecule has 2 aromatic heterocycles. The maximum Gasteiger partial charge on any atom is 0.410 e. The topological polar surface area (TPSA) is 312 Å². The van der Waals surface area contributed by atoms with E-state index in [0.29, 0.717) is 98.7 Å². The molecule has 0 unspecified atom stereocenters. The Kier molecular flexibility index (Phi) is 19.6. The van der Waals surface area contributed by atoms with E-state index in [4.69, 9.17) is 25.7 Å². The lowest BCUT2D eigenvalue weighted by atomic mass is 10.0. The van der Waals surface area contributed by atoms with E-state index in [-0.39, 0.29) is 73.5 Å². The minimum atomic E-state index is -1.04. The molecule has 7 rings (SSSR count). The summed E-state index contributed by atoms with van der Waals surface area (Å²) in [6.45, 7) is 9.08. The molecule has 23 heteroatoms. The van der Waals surface area contributed by atoms with E-state index in [9.17, 15) is 38.8 Å². The number of nitrogens with zero attached hydrogens (tertiary/aromatic N) is 7. The quantitative estimate of drug-likeness (QED) is 0.0351. The zero-order chi connectivity index (χ0) is 55.9. The number of methoxy groups -OCH3 is 1. The van der Waals surface area contributed by atoms with Gasteiger partial charge in [-0.25, -0.2) is 9.59 Å². The Morgan fingerprint density at radius 1 is 0.885 bits per heavy atom. The molecule has 8 N–H and O–H groups in total. The van der Waals surface area contributed by atoms with Crippen LogP contribution in [0.3, 0.4) is 0 Å². The summed E-state index contributed by atoms with van der Waals surface area (Å²) < 4.78 is 19.2. The molecule has 1 saturated heterocycles. The minimum Gasteiger partial charge on any atom is -0.496 e. The fourth-order valence-electron chi connectivity index (χ4n) is 9.56. The van der Waals surface area contributed by atoms with Crippen LogP contribution in [-0.4, -0.2) is 135 Å². The molecule has 0 radical (unpaired) electrons. The predicted molar refractivity (Wildman–Crippen MR) is 288 cm³/mol. The second-order valence-corrected chi connectivity index (χ2v) is 20.3. The van der Waals surface area contributed by atoms with Crippen molar-refractivity contribution in [1.82, 2.24) is 45.2 Å². The average molecular weight is 1070 g/mol. The van der Waals surface area contributed by atoms with Crippen LogP contribution in [0, 0.1) is 17.2 Å². The molecule has 1 aliphatic carbocycles. The number of imide groups is 1. The van der Waals surface area contributed by atoms with Crippen molar-refractivity contribution in [2.75, 3.05) is 57.5 Å². The molecule has 8 amide bonds. The molecule has 2 atom stereocenters. The van der Waals surface area contributed by atoms with E-state index < -0.39 is 36.0 Å². The molecule has 2 fully saturated rings. The maximum atomic E-state index is 13.7. The van der Waals surface area contributed by atoms with Crippen molar-refractivity contribution < 1.29 is 47.8 Å². The van der Waals surface area contributed by atoms with Crippen molar-refractivity contribution in [3.63, 3.8) is 0 Å². The van der Waals surface area contributed by atoms with Crippen molar-refractivity contribution in [3.8, 4) is 17.8 Å². The number of hydrogen-bond acceptors (Lipinski definition) is 15. The molecule has 3 aliphatic rings. The van der Waals surface area contributed by atoms with Gasteiger partial charge in [-0.2, -0.15) is 15.2 Å². The van der Waals surface area contributed by atoms with E-state index in [1.165, 1.54) is 12.2 Å². The van der Waals surface area contributed by atoms with Crippen molar-refractivity contribution >= 4 is 64.2 Å². The van der Waals surface area contributed by atoms with Crippen LogP contribution < -0.4 is 42.2 Å². The van der Waals surface area contributed by atoms with Crippen LogP contribution in [0.2, 0.25) is 0 Å². The number of carbonyl (C=O) groups excluding carboxylic acids is 7. The van der Waals surface area contributed by atoms with Crippen molar-refractivity contribution in [3.05, 3.63) is 83.1 Å². The summed E-state index contributed by atoms with van der Waals surface area (Å²) in [4.78, 5) is 103. The second-order valence-electron chi connectivity index (χ2n) is 20.3. The molecular weight excluding hydrogens is 1000 g/mol. The number of nitrogens with two attached hydrogens (primary N) is 2. The number of nitrogen functional groups attached to an aromatic ring is 1. The van der Waals surface area contributed by atoms with E-state index in [2.05, 4.69) is 55.2 Å². The van der Waals surface area contributed by atoms with Gasteiger partial charge >= 0.3 is 18.1 Å². The number of ether oxygens (including phenoxy) is 3. The van der Waals surface area contributed by atoms with Crippen LogP contribution in [0.25, 0.3) is 11.0 Å². The highest BCUT2D eigenvalue weighted by molar-refractivity contribution is 6.12. The highest BCUT2D eigenvalue weighted by atomic mass is 16.6. The zero-order valence-corrected chi connectivity index (χ0v) is 44.8. The summed E-state index contributed by atoms with van der Waals surface area (Å²) in [5.41, 5.74) is 15.2. The molecule has 416 valence electrons.